The number of urea groups is 1. The van der Waals surface area contributed by atoms with Gasteiger partial charge in [-0.25, -0.2) is 4.79 Å². The van der Waals surface area contributed by atoms with Crippen LogP contribution in [0.3, 0.4) is 0 Å². The average Bonchev–Trinajstić information content (AvgIpc) is 2.64. The molecule has 0 aromatic carbocycles. The van der Waals surface area contributed by atoms with Gasteiger partial charge in [-0.3, -0.25) is 15.0 Å². The number of hydrogen-bond donors (Lipinski definition) is 1. The van der Waals surface area contributed by atoms with E-state index in [2.05, 4.69) is 20.3 Å². The monoisotopic (exact) mass is 319 g/mol. The first-order chi connectivity index (χ1) is 11.8. The fraction of sp³-hybridized carbons (Fsp3) is 0.111. The van der Waals surface area contributed by atoms with E-state index in [1.807, 2.05) is 24.3 Å². The molecule has 6 heteroatoms. The highest BCUT2D eigenvalue weighted by Gasteiger charge is 2.15. The molecule has 0 radical (unpaired) electrons. The summed E-state index contributed by atoms with van der Waals surface area (Å²) in [6, 6.07) is 11.0. The quantitative estimate of drug-likeness (QED) is 0.784. The fourth-order valence-electron chi connectivity index (χ4n) is 2.26. The van der Waals surface area contributed by atoms with Gasteiger partial charge >= 0.3 is 6.03 Å². The van der Waals surface area contributed by atoms with Crippen molar-refractivity contribution in [3.63, 3.8) is 0 Å². The van der Waals surface area contributed by atoms with Crippen LogP contribution >= 0.6 is 0 Å². The molecule has 0 saturated heterocycles. The molecule has 24 heavy (non-hydrogen) atoms. The number of nitrogens with zero attached hydrogens (tertiary/aromatic N) is 4. The number of hydrogen-bond acceptors (Lipinski definition) is 4. The molecule has 0 aliphatic rings. The van der Waals surface area contributed by atoms with Gasteiger partial charge in [-0.05, 0) is 41.5 Å². The van der Waals surface area contributed by atoms with Crippen molar-refractivity contribution >= 4 is 11.7 Å². The van der Waals surface area contributed by atoms with Crippen LogP contribution < -0.4 is 5.32 Å². The van der Waals surface area contributed by atoms with Gasteiger partial charge < -0.3 is 10.2 Å². The average molecular weight is 319 g/mol. The molecule has 3 aromatic rings. The maximum absolute atomic E-state index is 12.7. The van der Waals surface area contributed by atoms with E-state index in [0.29, 0.717) is 18.8 Å². The van der Waals surface area contributed by atoms with Crippen LogP contribution in [0.5, 0.6) is 0 Å². The third-order valence-electron chi connectivity index (χ3n) is 3.42. The van der Waals surface area contributed by atoms with E-state index in [1.54, 1.807) is 54.2 Å². The molecule has 3 heterocycles. The lowest BCUT2D eigenvalue weighted by Gasteiger charge is -2.23. The largest absolute Gasteiger partial charge is 0.322 e. The number of nitrogens with one attached hydrogen (secondary N) is 1. The minimum atomic E-state index is -0.191. The number of pyridine rings is 3. The number of aromatic nitrogens is 3. The molecule has 0 spiro atoms. The predicted octanol–water partition coefficient (Wildman–Crippen LogP) is 3.11. The van der Waals surface area contributed by atoms with Gasteiger partial charge in [0.25, 0.3) is 0 Å². The number of rotatable bonds is 5. The van der Waals surface area contributed by atoms with E-state index < -0.39 is 0 Å². The van der Waals surface area contributed by atoms with Gasteiger partial charge in [0.15, 0.2) is 0 Å². The van der Waals surface area contributed by atoms with Crippen molar-refractivity contribution in [3.05, 3.63) is 84.7 Å². The Hall–Kier alpha value is -3.28. The Balaban J connectivity index is 1.76. The highest BCUT2D eigenvalue weighted by molar-refractivity contribution is 5.89. The summed E-state index contributed by atoms with van der Waals surface area (Å²) in [4.78, 5) is 26.5. The van der Waals surface area contributed by atoms with Crippen molar-refractivity contribution in [2.75, 3.05) is 5.32 Å². The van der Waals surface area contributed by atoms with Gasteiger partial charge in [0.1, 0.15) is 0 Å². The minimum Gasteiger partial charge on any atom is -0.316 e. The molecule has 0 aliphatic heterocycles. The Labute approximate surface area is 140 Å². The molecule has 3 aromatic heterocycles. The summed E-state index contributed by atoms with van der Waals surface area (Å²) < 4.78 is 0. The Morgan fingerprint density at radius 3 is 2.21 bits per heavy atom. The molecule has 0 unspecified atom stereocenters. The van der Waals surface area contributed by atoms with Crippen LogP contribution in [-0.4, -0.2) is 25.9 Å². The highest BCUT2D eigenvalue weighted by Crippen LogP contribution is 2.12. The lowest BCUT2D eigenvalue weighted by Crippen LogP contribution is -2.34. The molecule has 120 valence electrons. The van der Waals surface area contributed by atoms with Crippen LogP contribution in [0.25, 0.3) is 0 Å². The van der Waals surface area contributed by atoms with Crippen LogP contribution in [0.4, 0.5) is 10.5 Å². The number of carbonyl (C=O) groups is 1. The van der Waals surface area contributed by atoms with Gasteiger partial charge in [0.2, 0.25) is 0 Å². The second-order valence-corrected chi connectivity index (χ2v) is 5.24. The lowest BCUT2D eigenvalue weighted by molar-refractivity contribution is 0.206. The summed E-state index contributed by atoms with van der Waals surface area (Å²) in [5.74, 6) is 0. The molecule has 1 N–H and O–H groups in total. The van der Waals surface area contributed by atoms with Crippen molar-refractivity contribution in [1.82, 2.24) is 19.9 Å². The summed E-state index contributed by atoms with van der Waals surface area (Å²) >= 11 is 0. The smallest absolute Gasteiger partial charge is 0.316 e. The maximum atomic E-state index is 12.7. The molecule has 0 atom stereocenters. The summed E-state index contributed by atoms with van der Waals surface area (Å²) in [6.45, 7) is 0.936. The molecule has 0 bridgehead atoms. The molecule has 6 nitrogen and oxygen atoms in total. The summed E-state index contributed by atoms with van der Waals surface area (Å²) in [5, 5.41) is 2.87. The fourth-order valence-corrected chi connectivity index (χ4v) is 2.26. The molecule has 3 rings (SSSR count). The van der Waals surface area contributed by atoms with E-state index in [4.69, 9.17) is 0 Å². The van der Waals surface area contributed by atoms with Crippen LogP contribution in [0, 0.1) is 0 Å². The molecule has 0 aliphatic carbocycles. The van der Waals surface area contributed by atoms with E-state index in [1.165, 1.54) is 0 Å². The Morgan fingerprint density at radius 1 is 0.833 bits per heavy atom. The second kappa shape index (κ2) is 7.82. The second-order valence-electron chi connectivity index (χ2n) is 5.24. The van der Waals surface area contributed by atoms with Gasteiger partial charge in [0.05, 0.1) is 11.9 Å². The first-order valence-corrected chi connectivity index (χ1v) is 7.55. The third-order valence-corrected chi connectivity index (χ3v) is 3.42. The molecule has 0 saturated carbocycles. The van der Waals surface area contributed by atoms with E-state index in [9.17, 15) is 4.79 Å². The first kappa shape index (κ1) is 15.6. The molecular formula is C18H17N5O. The zero-order valence-corrected chi connectivity index (χ0v) is 13.0. The highest BCUT2D eigenvalue weighted by atomic mass is 16.2. The zero-order valence-electron chi connectivity index (χ0n) is 13.0. The summed E-state index contributed by atoms with van der Waals surface area (Å²) in [5.41, 5.74) is 2.64. The SMILES string of the molecule is O=C(Nc1cccnc1)N(Cc1ccncc1)Cc1cccnc1. The summed E-state index contributed by atoms with van der Waals surface area (Å²) in [6.07, 6.45) is 10.2. The van der Waals surface area contributed by atoms with Crippen LogP contribution in [0.2, 0.25) is 0 Å². The molecule has 0 fully saturated rings. The molecule has 2 amide bonds. The van der Waals surface area contributed by atoms with Gasteiger partial charge in [-0.1, -0.05) is 6.07 Å². The van der Waals surface area contributed by atoms with Crippen molar-refractivity contribution < 1.29 is 4.79 Å². The Kier molecular flexibility index (Phi) is 5.09. The Bertz CT molecular complexity index is 724. The summed E-state index contributed by atoms with van der Waals surface area (Å²) in [7, 11) is 0. The Morgan fingerprint density at radius 2 is 1.54 bits per heavy atom. The van der Waals surface area contributed by atoms with Gasteiger partial charge in [-0.2, -0.15) is 0 Å². The van der Waals surface area contributed by atoms with Crippen molar-refractivity contribution in [1.29, 1.82) is 0 Å². The number of anilines is 1. The third kappa shape index (κ3) is 4.36. The predicted molar refractivity (Wildman–Crippen MR) is 91.0 cm³/mol. The zero-order chi connectivity index (χ0) is 16.6. The van der Waals surface area contributed by atoms with Gasteiger partial charge in [-0.15, -0.1) is 0 Å². The van der Waals surface area contributed by atoms with Crippen LogP contribution in [0.15, 0.2) is 73.6 Å². The van der Waals surface area contributed by atoms with Gasteiger partial charge in [0, 0.05) is 44.1 Å². The normalized spacial score (nSPS) is 10.2. The maximum Gasteiger partial charge on any atom is 0.322 e. The number of amides is 2. The van der Waals surface area contributed by atoms with Crippen LogP contribution in [-0.2, 0) is 13.1 Å². The topological polar surface area (TPSA) is 71.0 Å². The van der Waals surface area contributed by atoms with E-state index in [0.717, 1.165) is 11.1 Å². The standard InChI is InChI=1S/C18H17N5O/c24-18(22-17-4-2-8-21-12-17)23(13-15-5-9-19-10-6-15)14-16-3-1-7-20-11-16/h1-12H,13-14H2,(H,22,24). The van der Waals surface area contributed by atoms with Crippen molar-refractivity contribution in [2.24, 2.45) is 0 Å². The van der Waals surface area contributed by atoms with Crippen molar-refractivity contribution in [3.8, 4) is 0 Å². The minimum absolute atomic E-state index is 0.191. The van der Waals surface area contributed by atoms with E-state index >= 15 is 0 Å². The lowest BCUT2D eigenvalue weighted by atomic mass is 10.2. The molecular weight excluding hydrogens is 302 g/mol. The van der Waals surface area contributed by atoms with E-state index in [-0.39, 0.29) is 6.03 Å². The number of carbonyl (C=O) groups excluding carboxylic acids is 1. The van der Waals surface area contributed by atoms with Crippen molar-refractivity contribution in [2.45, 2.75) is 13.1 Å². The first-order valence-electron chi connectivity index (χ1n) is 7.55. The van der Waals surface area contributed by atoms with Crippen LogP contribution in [0.1, 0.15) is 11.1 Å².